The van der Waals surface area contributed by atoms with Gasteiger partial charge < -0.3 is 24.7 Å². The van der Waals surface area contributed by atoms with Gasteiger partial charge in [-0.05, 0) is 36.4 Å². The summed E-state index contributed by atoms with van der Waals surface area (Å²) in [5.41, 5.74) is 0.424. The van der Waals surface area contributed by atoms with Crippen LogP contribution in [0.15, 0.2) is 54.9 Å². The number of anilines is 1. The maximum absolute atomic E-state index is 12.4. The number of hydrogen-bond donors (Lipinski definition) is 2. The molecule has 27 heavy (non-hydrogen) atoms. The fourth-order valence-electron chi connectivity index (χ4n) is 2.57. The summed E-state index contributed by atoms with van der Waals surface area (Å²) in [5.74, 6) is 2.07. The van der Waals surface area contributed by atoms with Gasteiger partial charge in [-0.1, -0.05) is 6.07 Å². The van der Waals surface area contributed by atoms with Crippen LogP contribution in [0.2, 0.25) is 0 Å². The number of rotatable bonds is 8. The largest absolute Gasteiger partial charge is 0.493 e. The van der Waals surface area contributed by atoms with E-state index in [0.29, 0.717) is 36.0 Å². The van der Waals surface area contributed by atoms with Gasteiger partial charge in [0.15, 0.2) is 17.3 Å². The van der Waals surface area contributed by atoms with Gasteiger partial charge in [0.1, 0.15) is 5.82 Å². The first-order valence-electron chi connectivity index (χ1n) is 8.43. The molecule has 140 valence electrons. The Hall–Kier alpha value is -3.55. The van der Waals surface area contributed by atoms with Gasteiger partial charge in [0.05, 0.1) is 19.8 Å². The zero-order valence-electron chi connectivity index (χ0n) is 15.2. The standard InChI is InChI=1S/C19H21N5O3/c1-26-15-7-5-6-14(18(15)27-2)19(25)21-11-10-20-16-8-9-17(23-22-16)24-12-3-4-13-24/h3-9,12-13H,10-11H2,1-2H3,(H,20,22)(H,21,25). The van der Waals surface area contributed by atoms with E-state index in [4.69, 9.17) is 9.47 Å². The molecule has 0 spiro atoms. The molecule has 0 fully saturated rings. The van der Waals surface area contributed by atoms with Gasteiger partial charge in [-0.3, -0.25) is 4.79 Å². The van der Waals surface area contributed by atoms with Crippen LogP contribution in [0.25, 0.3) is 5.82 Å². The number of methoxy groups -OCH3 is 2. The van der Waals surface area contributed by atoms with Crippen LogP contribution >= 0.6 is 0 Å². The first kappa shape index (κ1) is 18.2. The lowest BCUT2D eigenvalue weighted by Crippen LogP contribution is -2.29. The molecule has 0 bridgehead atoms. The third-order valence-electron chi connectivity index (χ3n) is 3.88. The number of carbonyl (C=O) groups excluding carboxylic acids is 1. The van der Waals surface area contributed by atoms with E-state index in [1.54, 1.807) is 18.2 Å². The van der Waals surface area contributed by atoms with E-state index in [2.05, 4.69) is 20.8 Å². The number of amides is 1. The van der Waals surface area contributed by atoms with Crippen LogP contribution in [0.1, 0.15) is 10.4 Å². The average Bonchev–Trinajstić information content (AvgIpc) is 3.25. The molecule has 1 aromatic carbocycles. The lowest BCUT2D eigenvalue weighted by atomic mass is 10.1. The average molecular weight is 367 g/mol. The van der Waals surface area contributed by atoms with Crippen LogP contribution in [-0.4, -0.2) is 48.0 Å². The molecule has 8 heteroatoms. The number of hydrogen-bond acceptors (Lipinski definition) is 6. The van der Waals surface area contributed by atoms with Crippen molar-refractivity contribution in [2.75, 3.05) is 32.6 Å². The minimum atomic E-state index is -0.235. The van der Waals surface area contributed by atoms with Crippen LogP contribution in [-0.2, 0) is 0 Å². The Kier molecular flexibility index (Phi) is 5.88. The smallest absolute Gasteiger partial charge is 0.255 e. The Labute approximate surface area is 157 Å². The van der Waals surface area contributed by atoms with E-state index < -0.39 is 0 Å². The SMILES string of the molecule is COc1cccc(C(=O)NCCNc2ccc(-n3cccc3)nn2)c1OC. The van der Waals surface area contributed by atoms with Crippen molar-refractivity contribution in [3.8, 4) is 17.3 Å². The van der Waals surface area contributed by atoms with Gasteiger partial charge >= 0.3 is 0 Å². The molecule has 3 rings (SSSR count). The first-order valence-corrected chi connectivity index (χ1v) is 8.43. The number of benzene rings is 1. The van der Waals surface area contributed by atoms with Gasteiger partial charge in [-0.2, -0.15) is 0 Å². The summed E-state index contributed by atoms with van der Waals surface area (Å²) in [6, 6.07) is 12.7. The second-order valence-electron chi connectivity index (χ2n) is 5.59. The van der Waals surface area contributed by atoms with Crippen molar-refractivity contribution in [1.82, 2.24) is 20.1 Å². The van der Waals surface area contributed by atoms with Crippen molar-refractivity contribution in [1.29, 1.82) is 0 Å². The summed E-state index contributed by atoms with van der Waals surface area (Å²) in [7, 11) is 3.04. The molecule has 0 aliphatic heterocycles. The zero-order valence-corrected chi connectivity index (χ0v) is 15.2. The molecule has 0 saturated carbocycles. The third-order valence-corrected chi connectivity index (χ3v) is 3.88. The highest BCUT2D eigenvalue weighted by atomic mass is 16.5. The predicted molar refractivity (Wildman–Crippen MR) is 102 cm³/mol. The number of aromatic nitrogens is 3. The zero-order chi connectivity index (χ0) is 19.1. The monoisotopic (exact) mass is 367 g/mol. The van der Waals surface area contributed by atoms with Gasteiger partial charge in [0.2, 0.25) is 0 Å². The first-order chi connectivity index (χ1) is 13.2. The maximum atomic E-state index is 12.4. The molecule has 3 aromatic rings. The Morgan fingerprint density at radius 3 is 2.48 bits per heavy atom. The normalized spacial score (nSPS) is 10.3. The van der Waals surface area contributed by atoms with Crippen molar-refractivity contribution in [3.05, 3.63) is 60.4 Å². The maximum Gasteiger partial charge on any atom is 0.255 e. The summed E-state index contributed by atoms with van der Waals surface area (Å²) < 4.78 is 12.4. The van der Waals surface area contributed by atoms with Crippen LogP contribution < -0.4 is 20.1 Å². The van der Waals surface area contributed by atoms with E-state index in [9.17, 15) is 4.79 Å². The topological polar surface area (TPSA) is 90.3 Å². The Morgan fingerprint density at radius 2 is 1.81 bits per heavy atom. The fraction of sp³-hybridized carbons (Fsp3) is 0.211. The molecular weight excluding hydrogens is 346 g/mol. The van der Waals surface area contributed by atoms with E-state index in [-0.39, 0.29) is 5.91 Å². The van der Waals surface area contributed by atoms with Crippen molar-refractivity contribution in [2.24, 2.45) is 0 Å². The molecule has 2 aromatic heterocycles. The van der Waals surface area contributed by atoms with Gasteiger partial charge in [-0.25, -0.2) is 0 Å². The van der Waals surface area contributed by atoms with Crippen molar-refractivity contribution < 1.29 is 14.3 Å². The molecule has 0 unspecified atom stereocenters. The minimum Gasteiger partial charge on any atom is -0.493 e. The van der Waals surface area contributed by atoms with Crippen molar-refractivity contribution in [3.63, 3.8) is 0 Å². The van der Waals surface area contributed by atoms with E-state index in [1.165, 1.54) is 14.2 Å². The summed E-state index contributed by atoms with van der Waals surface area (Å²) in [5, 5.41) is 14.2. The summed E-state index contributed by atoms with van der Waals surface area (Å²) in [6.45, 7) is 0.926. The van der Waals surface area contributed by atoms with Crippen molar-refractivity contribution >= 4 is 11.7 Å². The molecular formula is C19H21N5O3. The molecule has 0 aliphatic carbocycles. The van der Waals surface area contributed by atoms with E-state index >= 15 is 0 Å². The molecule has 0 aliphatic rings. The molecule has 0 atom stereocenters. The highest BCUT2D eigenvalue weighted by molar-refractivity contribution is 5.97. The predicted octanol–water partition coefficient (Wildman–Crippen LogP) is 2.13. The van der Waals surface area contributed by atoms with Gasteiger partial charge in [0, 0.05) is 25.5 Å². The summed E-state index contributed by atoms with van der Waals surface area (Å²) in [4.78, 5) is 12.4. The van der Waals surface area contributed by atoms with E-state index in [0.717, 1.165) is 5.82 Å². The van der Waals surface area contributed by atoms with Crippen LogP contribution in [0, 0.1) is 0 Å². The molecule has 0 radical (unpaired) electrons. The third kappa shape index (κ3) is 4.35. The van der Waals surface area contributed by atoms with E-state index in [1.807, 2.05) is 41.2 Å². The number of ether oxygens (including phenoxy) is 2. The number of nitrogens with one attached hydrogen (secondary N) is 2. The Morgan fingerprint density at radius 1 is 1.00 bits per heavy atom. The second-order valence-corrected chi connectivity index (χ2v) is 5.59. The number of para-hydroxylation sites is 1. The number of nitrogens with zero attached hydrogens (tertiary/aromatic N) is 3. The minimum absolute atomic E-state index is 0.235. The fourth-order valence-corrected chi connectivity index (χ4v) is 2.57. The highest BCUT2D eigenvalue weighted by Gasteiger charge is 2.15. The lowest BCUT2D eigenvalue weighted by molar-refractivity contribution is 0.0951. The molecule has 8 nitrogen and oxygen atoms in total. The van der Waals surface area contributed by atoms with Crippen molar-refractivity contribution in [2.45, 2.75) is 0 Å². The van der Waals surface area contributed by atoms with Crippen LogP contribution in [0.4, 0.5) is 5.82 Å². The molecule has 2 heterocycles. The molecule has 1 amide bonds. The number of carbonyl (C=O) groups is 1. The Bertz CT molecular complexity index is 879. The quantitative estimate of drug-likeness (QED) is 0.593. The molecule has 0 saturated heterocycles. The summed E-state index contributed by atoms with van der Waals surface area (Å²) in [6.07, 6.45) is 3.80. The second kappa shape index (κ2) is 8.70. The molecule has 2 N–H and O–H groups in total. The van der Waals surface area contributed by atoms with Gasteiger partial charge in [-0.15, -0.1) is 10.2 Å². The summed E-state index contributed by atoms with van der Waals surface area (Å²) >= 11 is 0. The van der Waals surface area contributed by atoms with Crippen LogP contribution in [0.3, 0.4) is 0 Å². The lowest BCUT2D eigenvalue weighted by Gasteiger charge is -2.12. The highest BCUT2D eigenvalue weighted by Crippen LogP contribution is 2.30. The van der Waals surface area contributed by atoms with Crippen LogP contribution in [0.5, 0.6) is 11.5 Å². The Balaban J connectivity index is 1.51. The van der Waals surface area contributed by atoms with Gasteiger partial charge in [0.25, 0.3) is 5.91 Å².